The normalized spacial score (nSPS) is 11.1. The Balaban J connectivity index is 1.47. The number of fused-ring (bicyclic) bond motifs is 2. The van der Waals surface area contributed by atoms with E-state index in [1.165, 1.54) is 0 Å². The zero-order valence-corrected chi connectivity index (χ0v) is 16.6. The highest BCUT2D eigenvalue weighted by molar-refractivity contribution is 6.13. The minimum atomic E-state index is -0.392. The first kappa shape index (κ1) is 19.3. The topological polar surface area (TPSA) is 70.6 Å². The number of carbonyl (C=O) groups excluding carboxylic acids is 2. The fourth-order valence-corrected chi connectivity index (χ4v) is 3.45. The van der Waals surface area contributed by atoms with Crippen molar-refractivity contribution in [2.75, 3.05) is 6.54 Å². The van der Waals surface area contributed by atoms with Gasteiger partial charge >= 0.3 is 0 Å². The van der Waals surface area contributed by atoms with E-state index in [1.54, 1.807) is 18.3 Å². The number of nitrogens with one attached hydrogen (secondary N) is 2. The maximum Gasteiger partial charge on any atom is 0.259 e. The molecule has 0 spiro atoms. The number of hydrogen-bond donors (Lipinski definition) is 2. The van der Waals surface area contributed by atoms with E-state index < -0.39 is 5.91 Å². The van der Waals surface area contributed by atoms with Crippen LogP contribution in [0.4, 0.5) is 0 Å². The van der Waals surface area contributed by atoms with Gasteiger partial charge in [-0.05, 0) is 46.7 Å². The van der Waals surface area contributed by atoms with E-state index in [0.29, 0.717) is 5.56 Å². The van der Waals surface area contributed by atoms with E-state index in [2.05, 4.69) is 34.0 Å². The summed E-state index contributed by atoms with van der Waals surface area (Å²) >= 11 is 0. The summed E-state index contributed by atoms with van der Waals surface area (Å²) in [6, 6.07) is 25.5. The van der Waals surface area contributed by atoms with Gasteiger partial charge in [-0.1, -0.05) is 66.2 Å². The molecule has 0 saturated heterocycles. The van der Waals surface area contributed by atoms with E-state index in [-0.39, 0.29) is 12.5 Å². The molecule has 4 aromatic carbocycles. The minimum Gasteiger partial charge on any atom is -0.343 e. The fourth-order valence-electron chi connectivity index (χ4n) is 3.45. The SMILES string of the molecule is Cc1cccc(C(=O)NCC(=O)N/N=C\c2c3ccccc3cc3ccccc23)c1. The number of aryl methyl sites for hydroxylation is 1. The van der Waals surface area contributed by atoms with E-state index in [1.807, 2.05) is 55.5 Å². The number of carbonyl (C=O) groups is 2. The number of nitrogens with zero attached hydrogens (tertiary/aromatic N) is 1. The Morgan fingerprint density at radius 1 is 0.867 bits per heavy atom. The smallest absolute Gasteiger partial charge is 0.259 e. The Kier molecular flexibility index (Phi) is 5.52. The zero-order valence-electron chi connectivity index (χ0n) is 16.6. The lowest BCUT2D eigenvalue weighted by Crippen LogP contribution is -2.34. The molecule has 0 aromatic heterocycles. The molecule has 0 aliphatic rings. The Hall–Kier alpha value is -3.99. The average molecular weight is 395 g/mol. The Bertz CT molecular complexity index is 1220. The van der Waals surface area contributed by atoms with E-state index in [9.17, 15) is 9.59 Å². The fraction of sp³-hybridized carbons (Fsp3) is 0.0800. The van der Waals surface area contributed by atoms with E-state index >= 15 is 0 Å². The number of hydrazone groups is 1. The summed E-state index contributed by atoms with van der Waals surface area (Å²) in [6.45, 7) is 1.76. The predicted molar refractivity (Wildman–Crippen MR) is 121 cm³/mol. The van der Waals surface area contributed by atoms with Crippen LogP contribution >= 0.6 is 0 Å². The molecule has 2 amide bonds. The molecule has 0 bridgehead atoms. The summed E-state index contributed by atoms with van der Waals surface area (Å²) in [5.41, 5.74) is 4.94. The summed E-state index contributed by atoms with van der Waals surface area (Å²) in [7, 11) is 0. The summed E-state index contributed by atoms with van der Waals surface area (Å²) in [4.78, 5) is 24.3. The van der Waals surface area contributed by atoms with Crippen LogP contribution in [0.1, 0.15) is 21.5 Å². The van der Waals surface area contributed by atoms with Crippen molar-refractivity contribution in [3.63, 3.8) is 0 Å². The summed E-state index contributed by atoms with van der Waals surface area (Å²) < 4.78 is 0. The minimum absolute atomic E-state index is 0.152. The molecule has 5 nitrogen and oxygen atoms in total. The lowest BCUT2D eigenvalue weighted by atomic mass is 9.97. The monoisotopic (exact) mass is 395 g/mol. The standard InChI is InChI=1S/C25H21N3O2/c1-17-7-6-10-20(13-17)25(30)26-16-24(29)28-27-15-23-21-11-4-2-8-18(21)14-19-9-3-5-12-22(19)23/h2-15H,16H2,1H3,(H,26,30)(H,28,29)/b27-15-. The molecule has 0 saturated carbocycles. The van der Waals surface area contributed by atoms with Crippen LogP contribution in [0.15, 0.2) is 84.0 Å². The van der Waals surface area contributed by atoms with Gasteiger partial charge in [0.05, 0.1) is 12.8 Å². The molecule has 4 rings (SSSR count). The third-order valence-electron chi connectivity index (χ3n) is 4.89. The van der Waals surface area contributed by atoms with Crippen molar-refractivity contribution >= 4 is 39.6 Å². The van der Waals surface area contributed by atoms with Crippen molar-refractivity contribution in [2.24, 2.45) is 5.10 Å². The molecular formula is C25H21N3O2. The molecule has 5 heteroatoms. The van der Waals surface area contributed by atoms with Gasteiger partial charge in [0, 0.05) is 11.1 Å². The van der Waals surface area contributed by atoms with Crippen LogP contribution in [0.25, 0.3) is 21.5 Å². The van der Waals surface area contributed by atoms with Crippen molar-refractivity contribution in [3.05, 3.63) is 95.6 Å². The van der Waals surface area contributed by atoms with Gasteiger partial charge in [-0.15, -0.1) is 0 Å². The number of benzene rings is 4. The highest BCUT2D eigenvalue weighted by Crippen LogP contribution is 2.27. The largest absolute Gasteiger partial charge is 0.343 e. The number of hydrogen-bond acceptors (Lipinski definition) is 3. The van der Waals surface area contributed by atoms with Crippen molar-refractivity contribution in [2.45, 2.75) is 6.92 Å². The first-order valence-corrected chi connectivity index (χ1v) is 9.69. The molecule has 4 aromatic rings. The van der Waals surface area contributed by atoms with Crippen molar-refractivity contribution in [3.8, 4) is 0 Å². The third kappa shape index (κ3) is 4.20. The summed E-state index contributed by atoms with van der Waals surface area (Å²) in [6.07, 6.45) is 1.66. The van der Waals surface area contributed by atoms with Gasteiger partial charge in [0.25, 0.3) is 11.8 Å². The molecular weight excluding hydrogens is 374 g/mol. The second-order valence-corrected chi connectivity index (χ2v) is 7.08. The first-order valence-electron chi connectivity index (χ1n) is 9.69. The van der Waals surface area contributed by atoms with Gasteiger partial charge in [-0.25, -0.2) is 5.43 Å². The van der Waals surface area contributed by atoms with Crippen LogP contribution in [0.2, 0.25) is 0 Å². The van der Waals surface area contributed by atoms with Gasteiger partial charge in [0.15, 0.2) is 0 Å². The second-order valence-electron chi connectivity index (χ2n) is 7.08. The summed E-state index contributed by atoms with van der Waals surface area (Å²) in [5.74, 6) is -0.685. The molecule has 0 aliphatic heterocycles. The van der Waals surface area contributed by atoms with Crippen LogP contribution in [-0.2, 0) is 4.79 Å². The molecule has 0 aliphatic carbocycles. The quantitative estimate of drug-likeness (QED) is 0.302. The van der Waals surface area contributed by atoms with Gasteiger partial charge in [-0.2, -0.15) is 5.10 Å². The molecule has 0 radical (unpaired) electrons. The predicted octanol–water partition coefficient (Wildman–Crippen LogP) is 4.18. The maximum absolute atomic E-state index is 12.2. The van der Waals surface area contributed by atoms with Crippen molar-refractivity contribution in [1.82, 2.24) is 10.7 Å². The van der Waals surface area contributed by atoms with Crippen LogP contribution < -0.4 is 10.7 Å². The van der Waals surface area contributed by atoms with Gasteiger partial charge in [0.2, 0.25) is 0 Å². The molecule has 0 heterocycles. The van der Waals surface area contributed by atoms with Gasteiger partial charge < -0.3 is 5.32 Å². The van der Waals surface area contributed by atoms with Gasteiger partial charge in [0.1, 0.15) is 0 Å². The number of rotatable bonds is 5. The van der Waals surface area contributed by atoms with Crippen LogP contribution in [0.5, 0.6) is 0 Å². The lowest BCUT2D eigenvalue weighted by molar-refractivity contribution is -0.120. The van der Waals surface area contributed by atoms with E-state index in [0.717, 1.165) is 32.7 Å². The highest BCUT2D eigenvalue weighted by Gasteiger charge is 2.08. The second kappa shape index (κ2) is 8.57. The lowest BCUT2D eigenvalue weighted by Gasteiger charge is -2.08. The van der Waals surface area contributed by atoms with Gasteiger partial charge in [-0.3, -0.25) is 9.59 Å². The highest BCUT2D eigenvalue weighted by atomic mass is 16.2. The third-order valence-corrected chi connectivity index (χ3v) is 4.89. The molecule has 148 valence electrons. The zero-order chi connectivity index (χ0) is 20.9. The molecule has 0 unspecified atom stereocenters. The first-order chi connectivity index (χ1) is 14.6. The Morgan fingerprint density at radius 3 is 2.20 bits per heavy atom. The Morgan fingerprint density at radius 2 is 1.53 bits per heavy atom. The van der Waals surface area contributed by atoms with E-state index in [4.69, 9.17) is 0 Å². The number of amides is 2. The molecule has 0 atom stereocenters. The van der Waals surface area contributed by atoms with Crippen LogP contribution in [0.3, 0.4) is 0 Å². The molecule has 0 fully saturated rings. The molecule has 30 heavy (non-hydrogen) atoms. The van der Waals surface area contributed by atoms with Crippen molar-refractivity contribution in [1.29, 1.82) is 0 Å². The summed E-state index contributed by atoms with van der Waals surface area (Å²) in [5, 5.41) is 11.1. The van der Waals surface area contributed by atoms with Crippen LogP contribution in [-0.4, -0.2) is 24.6 Å². The van der Waals surface area contributed by atoms with Crippen LogP contribution in [0, 0.1) is 6.92 Å². The average Bonchev–Trinajstić information content (AvgIpc) is 2.77. The Labute approximate surface area is 174 Å². The maximum atomic E-state index is 12.2. The molecule has 2 N–H and O–H groups in total. The van der Waals surface area contributed by atoms with Crippen molar-refractivity contribution < 1.29 is 9.59 Å².